The molecule has 3 atom stereocenters. The van der Waals surface area contributed by atoms with Crippen LogP contribution in [-0.2, 0) is 4.74 Å². The first-order chi connectivity index (χ1) is 12.2. The summed E-state index contributed by atoms with van der Waals surface area (Å²) < 4.78 is 17.4. The summed E-state index contributed by atoms with van der Waals surface area (Å²) in [5, 5.41) is 2.97. The minimum absolute atomic E-state index is 0.0608. The highest BCUT2D eigenvalue weighted by Gasteiger charge is 2.48. The number of hydrogen-bond acceptors (Lipinski definition) is 4. The summed E-state index contributed by atoms with van der Waals surface area (Å²) in [6.07, 6.45) is 4.71. The molecule has 0 aromatic heterocycles. The minimum atomic E-state index is -0.167. The Kier molecular flexibility index (Phi) is 4.46. The van der Waals surface area contributed by atoms with E-state index in [0.29, 0.717) is 19.3 Å². The molecule has 136 valence electrons. The van der Waals surface area contributed by atoms with Gasteiger partial charge in [0.15, 0.2) is 17.6 Å². The molecule has 0 spiro atoms. The molecule has 0 bridgehead atoms. The van der Waals surface area contributed by atoms with E-state index in [1.54, 1.807) is 4.90 Å². The molecule has 6 heteroatoms. The van der Waals surface area contributed by atoms with Gasteiger partial charge in [-0.3, -0.25) is 0 Å². The largest absolute Gasteiger partial charge is 0.486 e. The Bertz CT molecular complexity index is 626. The third-order valence-electron chi connectivity index (χ3n) is 5.69. The van der Waals surface area contributed by atoms with Gasteiger partial charge in [0.2, 0.25) is 0 Å². The van der Waals surface area contributed by atoms with Crippen molar-refractivity contribution >= 4 is 6.03 Å². The zero-order chi connectivity index (χ0) is 17.3. The molecule has 2 fully saturated rings. The SMILES string of the molecule is CN(C[C@]12CCC[C@H]1OCC2)C(=O)NCC1COc2ccccc2O1. The van der Waals surface area contributed by atoms with Gasteiger partial charge < -0.3 is 24.4 Å². The second-order valence-electron chi connectivity index (χ2n) is 7.40. The van der Waals surface area contributed by atoms with Gasteiger partial charge in [0.25, 0.3) is 0 Å². The van der Waals surface area contributed by atoms with Crippen molar-refractivity contribution in [3.63, 3.8) is 0 Å². The average molecular weight is 346 g/mol. The number of nitrogens with zero attached hydrogens (tertiary/aromatic N) is 1. The Labute approximate surface area is 148 Å². The first kappa shape index (κ1) is 16.5. The molecule has 2 aliphatic heterocycles. The number of benzene rings is 1. The molecule has 1 N–H and O–H groups in total. The van der Waals surface area contributed by atoms with Crippen molar-refractivity contribution in [2.45, 2.75) is 37.9 Å². The number of carbonyl (C=O) groups is 1. The number of ether oxygens (including phenoxy) is 3. The maximum Gasteiger partial charge on any atom is 0.317 e. The quantitative estimate of drug-likeness (QED) is 0.910. The zero-order valence-corrected chi connectivity index (χ0v) is 14.7. The molecule has 4 rings (SSSR count). The van der Waals surface area contributed by atoms with E-state index in [1.165, 1.54) is 6.42 Å². The molecule has 3 aliphatic rings. The van der Waals surface area contributed by atoms with Crippen LogP contribution in [0.5, 0.6) is 11.5 Å². The highest BCUT2D eigenvalue weighted by Crippen LogP contribution is 2.47. The van der Waals surface area contributed by atoms with E-state index in [9.17, 15) is 4.79 Å². The highest BCUT2D eigenvalue weighted by molar-refractivity contribution is 5.74. The first-order valence-corrected chi connectivity index (χ1v) is 9.15. The smallest absolute Gasteiger partial charge is 0.317 e. The number of para-hydroxylation sites is 2. The third kappa shape index (κ3) is 3.27. The fourth-order valence-corrected chi connectivity index (χ4v) is 4.36. The lowest BCUT2D eigenvalue weighted by Crippen LogP contribution is -2.48. The molecule has 25 heavy (non-hydrogen) atoms. The van der Waals surface area contributed by atoms with Crippen LogP contribution in [0.2, 0.25) is 0 Å². The first-order valence-electron chi connectivity index (χ1n) is 9.15. The van der Waals surface area contributed by atoms with Gasteiger partial charge in [-0.05, 0) is 31.4 Å². The Morgan fingerprint density at radius 2 is 2.16 bits per heavy atom. The number of fused-ring (bicyclic) bond motifs is 2. The number of nitrogens with one attached hydrogen (secondary N) is 1. The molecule has 0 radical (unpaired) electrons. The van der Waals surface area contributed by atoms with Crippen LogP contribution in [0.15, 0.2) is 24.3 Å². The van der Waals surface area contributed by atoms with E-state index in [0.717, 1.165) is 43.9 Å². The van der Waals surface area contributed by atoms with Crippen molar-refractivity contribution in [2.75, 3.05) is 33.4 Å². The van der Waals surface area contributed by atoms with E-state index in [-0.39, 0.29) is 17.6 Å². The van der Waals surface area contributed by atoms with Gasteiger partial charge in [-0.2, -0.15) is 0 Å². The molecule has 1 unspecified atom stereocenters. The van der Waals surface area contributed by atoms with Gasteiger partial charge in [0, 0.05) is 25.6 Å². The zero-order valence-electron chi connectivity index (χ0n) is 14.7. The van der Waals surface area contributed by atoms with Crippen molar-refractivity contribution < 1.29 is 19.0 Å². The van der Waals surface area contributed by atoms with E-state index < -0.39 is 0 Å². The van der Waals surface area contributed by atoms with Crippen LogP contribution in [0, 0.1) is 5.41 Å². The normalized spacial score (nSPS) is 30.0. The Balaban J connectivity index is 1.28. The molecule has 1 aliphatic carbocycles. The van der Waals surface area contributed by atoms with Crippen molar-refractivity contribution in [3.8, 4) is 11.5 Å². The number of hydrogen-bond donors (Lipinski definition) is 1. The number of amides is 2. The standard InChI is InChI=1S/C19H26N2O4/c1-21(13-19-8-4-7-17(19)23-10-9-19)18(22)20-11-14-12-24-15-5-2-3-6-16(15)25-14/h2-3,5-6,14,17H,4,7-13H2,1H3,(H,20,22)/t14?,17-,19-/m1/s1. The number of rotatable bonds is 4. The number of urea groups is 1. The van der Waals surface area contributed by atoms with E-state index >= 15 is 0 Å². The Hall–Kier alpha value is -1.95. The summed E-state index contributed by atoms with van der Waals surface area (Å²) in [4.78, 5) is 14.3. The van der Waals surface area contributed by atoms with Crippen LogP contribution >= 0.6 is 0 Å². The summed E-state index contributed by atoms with van der Waals surface area (Å²) in [6, 6.07) is 7.54. The number of carbonyl (C=O) groups excluding carboxylic acids is 1. The predicted molar refractivity (Wildman–Crippen MR) is 93.0 cm³/mol. The molecular formula is C19H26N2O4. The summed E-state index contributed by atoms with van der Waals surface area (Å²) in [6.45, 7) is 2.46. The van der Waals surface area contributed by atoms with Gasteiger partial charge in [0.1, 0.15) is 6.61 Å². The Morgan fingerprint density at radius 3 is 3.04 bits per heavy atom. The molecule has 6 nitrogen and oxygen atoms in total. The summed E-state index contributed by atoms with van der Waals surface area (Å²) in [5.74, 6) is 1.49. The van der Waals surface area contributed by atoms with Crippen LogP contribution < -0.4 is 14.8 Å². The third-order valence-corrected chi connectivity index (χ3v) is 5.69. The fourth-order valence-electron chi connectivity index (χ4n) is 4.36. The second kappa shape index (κ2) is 6.75. The lowest BCUT2D eigenvalue weighted by atomic mass is 9.82. The second-order valence-corrected chi connectivity index (χ2v) is 7.40. The van der Waals surface area contributed by atoms with Crippen LogP contribution in [0.25, 0.3) is 0 Å². The van der Waals surface area contributed by atoms with E-state index in [4.69, 9.17) is 14.2 Å². The predicted octanol–water partition coefficient (Wildman–Crippen LogP) is 2.43. The van der Waals surface area contributed by atoms with Gasteiger partial charge in [0.05, 0.1) is 12.6 Å². The maximum absolute atomic E-state index is 12.5. The van der Waals surface area contributed by atoms with Crippen LogP contribution in [-0.4, -0.2) is 56.5 Å². The van der Waals surface area contributed by atoms with Crippen LogP contribution in [0.4, 0.5) is 4.79 Å². The van der Waals surface area contributed by atoms with E-state index in [2.05, 4.69) is 5.32 Å². The maximum atomic E-state index is 12.5. The molecule has 2 heterocycles. The van der Waals surface area contributed by atoms with Crippen molar-refractivity contribution in [2.24, 2.45) is 5.41 Å². The summed E-state index contributed by atoms with van der Waals surface area (Å²) >= 11 is 0. The van der Waals surface area contributed by atoms with Gasteiger partial charge >= 0.3 is 6.03 Å². The molecule has 2 amide bonds. The lowest BCUT2D eigenvalue weighted by Gasteiger charge is -2.33. The van der Waals surface area contributed by atoms with Gasteiger partial charge in [-0.1, -0.05) is 18.6 Å². The Morgan fingerprint density at radius 1 is 1.32 bits per heavy atom. The molecule has 1 saturated heterocycles. The fraction of sp³-hybridized carbons (Fsp3) is 0.632. The molecule has 1 aromatic carbocycles. The topological polar surface area (TPSA) is 60.0 Å². The van der Waals surface area contributed by atoms with Gasteiger partial charge in [-0.15, -0.1) is 0 Å². The van der Waals surface area contributed by atoms with Crippen LogP contribution in [0.1, 0.15) is 25.7 Å². The summed E-state index contributed by atoms with van der Waals surface area (Å²) in [5.41, 5.74) is 0.162. The van der Waals surface area contributed by atoms with E-state index in [1.807, 2.05) is 31.3 Å². The highest BCUT2D eigenvalue weighted by atomic mass is 16.6. The monoisotopic (exact) mass is 346 g/mol. The van der Waals surface area contributed by atoms with Crippen molar-refractivity contribution in [1.29, 1.82) is 0 Å². The minimum Gasteiger partial charge on any atom is -0.486 e. The summed E-state index contributed by atoms with van der Waals surface area (Å²) in [7, 11) is 1.87. The van der Waals surface area contributed by atoms with Crippen LogP contribution in [0.3, 0.4) is 0 Å². The molecule has 1 aromatic rings. The van der Waals surface area contributed by atoms with Crippen molar-refractivity contribution in [3.05, 3.63) is 24.3 Å². The molecule has 1 saturated carbocycles. The van der Waals surface area contributed by atoms with Gasteiger partial charge in [-0.25, -0.2) is 4.79 Å². The lowest BCUT2D eigenvalue weighted by molar-refractivity contribution is 0.0575. The average Bonchev–Trinajstić information content (AvgIpc) is 3.19. The molecular weight excluding hydrogens is 320 g/mol. The van der Waals surface area contributed by atoms with Crippen molar-refractivity contribution in [1.82, 2.24) is 10.2 Å².